The molecule has 0 unspecified atom stereocenters. The molecule has 8 nitrogen and oxygen atoms in total. The normalized spacial score (nSPS) is 11.0. The number of nitrogens with two attached hydrogens (primary N) is 1. The van der Waals surface area contributed by atoms with Crippen LogP contribution in [0, 0.1) is 5.92 Å². The molecule has 0 radical (unpaired) electrons. The largest absolute Gasteiger partial charge is 0.494 e. The number of ether oxygens (including phenoxy) is 1. The molecule has 1 amide bonds. The number of hydrogen-bond donors (Lipinski definition) is 2. The molecule has 2 aromatic carbocycles. The predicted molar refractivity (Wildman–Crippen MR) is 139 cm³/mol. The molecule has 1 heterocycles. The number of nitrogens with one attached hydrogen (secondary N) is 1. The van der Waals surface area contributed by atoms with Crippen LogP contribution in [0.15, 0.2) is 64.2 Å². The number of unbranched alkanes of at least 4 members (excludes halogenated alkanes) is 1. The van der Waals surface area contributed by atoms with E-state index in [1.54, 1.807) is 24.3 Å². The van der Waals surface area contributed by atoms with Crippen LogP contribution >= 0.6 is 0 Å². The first-order valence-electron chi connectivity index (χ1n) is 12.0. The van der Waals surface area contributed by atoms with E-state index in [9.17, 15) is 14.4 Å². The Morgan fingerprint density at radius 2 is 1.77 bits per heavy atom. The van der Waals surface area contributed by atoms with E-state index < -0.39 is 11.2 Å². The number of benzene rings is 2. The van der Waals surface area contributed by atoms with Gasteiger partial charge in [0, 0.05) is 12.1 Å². The molecule has 0 spiro atoms. The van der Waals surface area contributed by atoms with Gasteiger partial charge in [0.25, 0.3) is 11.5 Å². The van der Waals surface area contributed by atoms with Crippen molar-refractivity contribution >= 4 is 17.4 Å². The van der Waals surface area contributed by atoms with Gasteiger partial charge in [-0.1, -0.05) is 57.5 Å². The Morgan fingerprint density at radius 3 is 2.40 bits per heavy atom. The molecule has 3 N–H and O–H groups in total. The lowest BCUT2D eigenvalue weighted by Crippen LogP contribution is -2.41. The van der Waals surface area contributed by atoms with Gasteiger partial charge >= 0.3 is 5.69 Å². The number of nitrogens with zero attached hydrogens (tertiary/aromatic N) is 2. The van der Waals surface area contributed by atoms with Gasteiger partial charge in [-0.3, -0.25) is 19.1 Å². The fourth-order valence-electron chi connectivity index (χ4n) is 3.65. The minimum atomic E-state index is -0.685. The van der Waals surface area contributed by atoms with Crippen molar-refractivity contribution in [3.05, 3.63) is 86.6 Å². The van der Waals surface area contributed by atoms with E-state index in [0.717, 1.165) is 18.4 Å². The maximum atomic E-state index is 13.5. The van der Waals surface area contributed by atoms with E-state index in [1.807, 2.05) is 37.3 Å². The summed E-state index contributed by atoms with van der Waals surface area (Å²) in [5.74, 6) is 0.808. The number of carbonyl (C=O) groups is 1. The third kappa shape index (κ3) is 6.62. The first-order valence-corrected chi connectivity index (χ1v) is 12.0. The van der Waals surface area contributed by atoms with Crippen LogP contribution in [-0.2, 0) is 6.54 Å². The van der Waals surface area contributed by atoms with Crippen LogP contribution in [0.4, 0.5) is 11.5 Å². The average Bonchev–Trinajstić information content (AvgIpc) is 2.84. The Hall–Kier alpha value is -3.81. The van der Waals surface area contributed by atoms with Crippen LogP contribution in [0.5, 0.6) is 5.75 Å². The number of carbonyl (C=O) groups excluding carboxylic acids is 1. The lowest BCUT2D eigenvalue weighted by Gasteiger charge is -2.24. The summed E-state index contributed by atoms with van der Waals surface area (Å²) in [6.45, 7) is 7.32. The van der Waals surface area contributed by atoms with Crippen molar-refractivity contribution in [3.8, 4) is 5.75 Å². The highest BCUT2D eigenvalue weighted by molar-refractivity contribution is 6.07. The Labute approximate surface area is 205 Å². The van der Waals surface area contributed by atoms with Crippen molar-refractivity contribution in [1.82, 2.24) is 9.55 Å². The van der Waals surface area contributed by atoms with Crippen LogP contribution in [0.3, 0.4) is 0 Å². The number of amides is 1. The molecule has 0 bridgehead atoms. The highest BCUT2D eigenvalue weighted by Gasteiger charge is 2.25. The predicted octanol–water partition coefficient (Wildman–Crippen LogP) is 4.04. The molecule has 0 saturated heterocycles. The minimum absolute atomic E-state index is 0.0174. The summed E-state index contributed by atoms with van der Waals surface area (Å²) >= 11 is 0. The summed E-state index contributed by atoms with van der Waals surface area (Å²) in [7, 11) is 0. The smallest absolute Gasteiger partial charge is 0.330 e. The van der Waals surface area contributed by atoms with Gasteiger partial charge < -0.3 is 15.4 Å². The molecule has 0 aliphatic rings. The lowest BCUT2D eigenvalue weighted by molar-refractivity contribution is 0.0986. The van der Waals surface area contributed by atoms with Crippen LogP contribution < -0.4 is 26.6 Å². The molecule has 35 heavy (non-hydrogen) atoms. The van der Waals surface area contributed by atoms with Crippen molar-refractivity contribution in [3.63, 3.8) is 0 Å². The number of aromatic nitrogens is 2. The van der Waals surface area contributed by atoms with Crippen molar-refractivity contribution in [2.75, 3.05) is 23.8 Å². The second-order valence-corrected chi connectivity index (χ2v) is 8.93. The molecule has 1 aromatic heterocycles. The summed E-state index contributed by atoms with van der Waals surface area (Å²) < 4.78 is 7.03. The summed E-state index contributed by atoms with van der Waals surface area (Å²) in [5.41, 5.74) is 6.28. The topological polar surface area (TPSA) is 110 Å². The van der Waals surface area contributed by atoms with Gasteiger partial charge in [-0.15, -0.1) is 0 Å². The number of rotatable bonds is 11. The minimum Gasteiger partial charge on any atom is -0.494 e. The Bertz CT molecular complexity index is 1230. The number of anilines is 2. The average molecular weight is 479 g/mol. The Balaban J connectivity index is 1.94. The van der Waals surface area contributed by atoms with Gasteiger partial charge in [-0.05, 0) is 48.6 Å². The number of hydrogen-bond acceptors (Lipinski definition) is 5. The van der Waals surface area contributed by atoms with Crippen LogP contribution in [0.25, 0.3) is 0 Å². The van der Waals surface area contributed by atoms with Crippen LogP contribution in [-0.4, -0.2) is 28.6 Å². The fraction of sp³-hybridized carbons (Fsp3) is 0.370. The Morgan fingerprint density at radius 1 is 1.09 bits per heavy atom. The van der Waals surface area contributed by atoms with Crippen molar-refractivity contribution in [2.45, 2.75) is 46.6 Å². The molecule has 0 aliphatic heterocycles. The third-order valence-electron chi connectivity index (χ3n) is 5.71. The van der Waals surface area contributed by atoms with Crippen molar-refractivity contribution < 1.29 is 9.53 Å². The van der Waals surface area contributed by atoms with Crippen LogP contribution in [0.1, 0.15) is 56.0 Å². The van der Waals surface area contributed by atoms with Crippen molar-refractivity contribution in [2.24, 2.45) is 5.92 Å². The maximum Gasteiger partial charge on any atom is 0.330 e. The van der Waals surface area contributed by atoms with Gasteiger partial charge in [0.1, 0.15) is 11.6 Å². The first-order chi connectivity index (χ1) is 16.8. The number of nitrogen functional groups attached to an aromatic ring is 1. The second-order valence-electron chi connectivity index (χ2n) is 8.93. The standard InChI is InChI=1S/C27H34N4O4/c1-4-5-16-30(26(33)21-11-13-22(14-12-21)35-17-15-19(2)3)23-24(28)31(27(34)29-25(23)32)18-20-9-7-6-8-10-20/h6-14,19H,4-5,15-18,28H2,1-3H3,(H,29,32,34). The van der Waals surface area contributed by atoms with Crippen LogP contribution in [0.2, 0.25) is 0 Å². The zero-order valence-corrected chi connectivity index (χ0v) is 20.6. The fourth-order valence-corrected chi connectivity index (χ4v) is 3.65. The number of aromatic amines is 1. The van der Waals surface area contributed by atoms with Gasteiger partial charge in [0.15, 0.2) is 5.69 Å². The maximum absolute atomic E-state index is 13.5. The highest BCUT2D eigenvalue weighted by Crippen LogP contribution is 2.22. The van der Waals surface area contributed by atoms with Gasteiger partial charge in [0.05, 0.1) is 13.2 Å². The molecule has 8 heteroatoms. The molecule has 0 aliphatic carbocycles. The van der Waals surface area contributed by atoms with Gasteiger partial charge in [-0.2, -0.15) is 0 Å². The van der Waals surface area contributed by atoms with E-state index in [0.29, 0.717) is 36.8 Å². The second kappa shape index (κ2) is 12.1. The SMILES string of the molecule is CCCCN(C(=O)c1ccc(OCCC(C)C)cc1)c1c(N)n(Cc2ccccc2)c(=O)[nH]c1=O. The quantitative estimate of drug-likeness (QED) is 0.432. The third-order valence-corrected chi connectivity index (χ3v) is 5.71. The first kappa shape index (κ1) is 25.8. The van der Waals surface area contributed by atoms with E-state index in [4.69, 9.17) is 10.5 Å². The number of H-pyrrole nitrogens is 1. The van der Waals surface area contributed by atoms with Gasteiger partial charge in [0.2, 0.25) is 0 Å². The van der Waals surface area contributed by atoms with E-state index in [-0.39, 0.29) is 24.0 Å². The molecule has 186 valence electrons. The van der Waals surface area contributed by atoms with Crippen molar-refractivity contribution in [1.29, 1.82) is 0 Å². The highest BCUT2D eigenvalue weighted by atomic mass is 16.5. The monoisotopic (exact) mass is 478 g/mol. The van der Waals surface area contributed by atoms with E-state index in [1.165, 1.54) is 9.47 Å². The molecule has 0 fully saturated rings. The van der Waals surface area contributed by atoms with E-state index in [2.05, 4.69) is 18.8 Å². The molecule has 3 aromatic rings. The molecular weight excluding hydrogens is 444 g/mol. The molecular formula is C27H34N4O4. The summed E-state index contributed by atoms with van der Waals surface area (Å²) in [6, 6.07) is 16.2. The lowest BCUT2D eigenvalue weighted by atomic mass is 10.1. The van der Waals surface area contributed by atoms with E-state index >= 15 is 0 Å². The summed E-state index contributed by atoms with van der Waals surface area (Å²) in [5, 5.41) is 0. The molecule has 0 atom stereocenters. The zero-order valence-electron chi connectivity index (χ0n) is 20.6. The summed E-state index contributed by atoms with van der Waals surface area (Å²) in [6.07, 6.45) is 2.42. The zero-order chi connectivity index (χ0) is 25.4. The molecule has 0 saturated carbocycles. The molecule has 3 rings (SSSR count). The Kier molecular flexibility index (Phi) is 8.89. The van der Waals surface area contributed by atoms with Gasteiger partial charge in [-0.25, -0.2) is 4.79 Å². The summed E-state index contributed by atoms with van der Waals surface area (Å²) in [4.78, 5) is 42.7.